The van der Waals surface area contributed by atoms with E-state index in [1.165, 1.54) is 12.3 Å². The van der Waals surface area contributed by atoms with E-state index in [9.17, 15) is 4.79 Å². The molecule has 0 atom stereocenters. The fourth-order valence-electron chi connectivity index (χ4n) is 1.70. The lowest BCUT2D eigenvalue weighted by molar-refractivity contribution is 0.0955. The number of nitrogens with two attached hydrogens (primary N) is 1. The van der Waals surface area contributed by atoms with Crippen molar-refractivity contribution in [2.75, 3.05) is 12.3 Å². The van der Waals surface area contributed by atoms with Gasteiger partial charge in [0, 0.05) is 11.6 Å². The Hall–Kier alpha value is -1.78. The number of hydrogen-bond acceptors (Lipinski definition) is 3. The third-order valence-corrected chi connectivity index (χ3v) is 3.22. The maximum Gasteiger partial charge on any atom is 0.253 e. The fraction of sp³-hybridized carbons (Fsp3) is 0.143. The third kappa shape index (κ3) is 3.85. The Morgan fingerprint density at radius 2 is 1.95 bits per heavy atom. The van der Waals surface area contributed by atoms with Gasteiger partial charge >= 0.3 is 0 Å². The largest absolute Gasteiger partial charge is 0.397 e. The standard InChI is InChI=1S/C14H13Cl2N3O/c15-10-3-1-9(2-4-10)5-6-18-14(20)11-7-13(16)19-8-12(11)17/h1-4,7-8H,5-6,17H2,(H,18,20). The molecular weight excluding hydrogens is 297 g/mol. The van der Waals surface area contributed by atoms with Crippen molar-refractivity contribution in [1.29, 1.82) is 0 Å². The Balaban J connectivity index is 1.92. The highest BCUT2D eigenvalue weighted by atomic mass is 35.5. The highest BCUT2D eigenvalue weighted by Gasteiger charge is 2.10. The summed E-state index contributed by atoms with van der Waals surface area (Å²) in [4.78, 5) is 15.8. The van der Waals surface area contributed by atoms with Gasteiger partial charge in [0.25, 0.3) is 5.91 Å². The molecule has 0 aliphatic carbocycles. The van der Waals surface area contributed by atoms with Crippen molar-refractivity contribution in [3.63, 3.8) is 0 Å². The number of benzene rings is 1. The van der Waals surface area contributed by atoms with Crippen LogP contribution < -0.4 is 11.1 Å². The van der Waals surface area contributed by atoms with Crippen LogP contribution in [0.4, 0.5) is 5.69 Å². The minimum atomic E-state index is -0.263. The van der Waals surface area contributed by atoms with Crippen LogP contribution in [0.3, 0.4) is 0 Å². The van der Waals surface area contributed by atoms with Crippen molar-refractivity contribution in [1.82, 2.24) is 10.3 Å². The normalized spacial score (nSPS) is 10.3. The fourth-order valence-corrected chi connectivity index (χ4v) is 1.99. The Bertz CT molecular complexity index is 614. The molecule has 2 rings (SSSR count). The lowest BCUT2D eigenvalue weighted by Crippen LogP contribution is -2.26. The summed E-state index contributed by atoms with van der Waals surface area (Å²) in [5.74, 6) is -0.263. The summed E-state index contributed by atoms with van der Waals surface area (Å²) in [6.07, 6.45) is 2.08. The van der Waals surface area contributed by atoms with E-state index in [-0.39, 0.29) is 11.1 Å². The summed E-state index contributed by atoms with van der Waals surface area (Å²) in [5.41, 5.74) is 7.42. The molecule has 3 N–H and O–H groups in total. The monoisotopic (exact) mass is 309 g/mol. The summed E-state index contributed by atoms with van der Waals surface area (Å²) in [6, 6.07) is 8.94. The molecular formula is C14H13Cl2N3O. The van der Waals surface area contributed by atoms with Crippen molar-refractivity contribution in [2.45, 2.75) is 6.42 Å². The highest BCUT2D eigenvalue weighted by molar-refractivity contribution is 6.30. The molecule has 4 nitrogen and oxygen atoms in total. The van der Waals surface area contributed by atoms with Crippen LogP contribution in [0.2, 0.25) is 10.2 Å². The second-order valence-corrected chi connectivity index (χ2v) is 5.05. The van der Waals surface area contributed by atoms with Gasteiger partial charge < -0.3 is 11.1 Å². The molecule has 0 aliphatic heterocycles. The Morgan fingerprint density at radius 1 is 1.25 bits per heavy atom. The second-order valence-electron chi connectivity index (χ2n) is 4.23. The topological polar surface area (TPSA) is 68.0 Å². The Kier molecular flexibility index (Phi) is 4.82. The molecule has 1 aromatic heterocycles. The number of rotatable bonds is 4. The minimum Gasteiger partial charge on any atom is -0.397 e. The first-order valence-corrected chi connectivity index (χ1v) is 6.75. The zero-order chi connectivity index (χ0) is 14.5. The van der Waals surface area contributed by atoms with Crippen LogP contribution in [0.15, 0.2) is 36.5 Å². The molecule has 0 aliphatic rings. The number of nitrogens with zero attached hydrogens (tertiary/aromatic N) is 1. The molecule has 0 saturated heterocycles. The van der Waals surface area contributed by atoms with Crippen LogP contribution in [-0.2, 0) is 6.42 Å². The van der Waals surface area contributed by atoms with Gasteiger partial charge in [0.1, 0.15) is 5.15 Å². The van der Waals surface area contributed by atoms with Crippen LogP contribution in [0, 0.1) is 0 Å². The second kappa shape index (κ2) is 6.59. The molecule has 20 heavy (non-hydrogen) atoms. The maximum absolute atomic E-state index is 12.0. The zero-order valence-electron chi connectivity index (χ0n) is 10.6. The van der Waals surface area contributed by atoms with E-state index in [1.54, 1.807) is 0 Å². The van der Waals surface area contributed by atoms with Crippen LogP contribution in [0.5, 0.6) is 0 Å². The zero-order valence-corrected chi connectivity index (χ0v) is 12.1. The van der Waals surface area contributed by atoms with E-state index in [4.69, 9.17) is 28.9 Å². The minimum absolute atomic E-state index is 0.238. The van der Waals surface area contributed by atoms with Gasteiger partial charge in [-0.05, 0) is 30.2 Å². The van der Waals surface area contributed by atoms with Gasteiger partial charge in [0.15, 0.2) is 0 Å². The van der Waals surface area contributed by atoms with Crippen molar-refractivity contribution < 1.29 is 4.79 Å². The van der Waals surface area contributed by atoms with Gasteiger partial charge in [-0.15, -0.1) is 0 Å². The average molecular weight is 310 g/mol. The quantitative estimate of drug-likeness (QED) is 0.853. The number of nitrogen functional groups attached to an aromatic ring is 1. The summed E-state index contributed by atoms with van der Waals surface area (Å²) < 4.78 is 0. The molecule has 2 aromatic rings. The Morgan fingerprint density at radius 3 is 2.65 bits per heavy atom. The van der Waals surface area contributed by atoms with E-state index >= 15 is 0 Å². The van der Waals surface area contributed by atoms with Crippen LogP contribution in [0.25, 0.3) is 0 Å². The van der Waals surface area contributed by atoms with E-state index in [0.717, 1.165) is 5.56 Å². The predicted octanol–water partition coefficient (Wildman–Crippen LogP) is 2.94. The van der Waals surface area contributed by atoms with E-state index in [0.29, 0.717) is 29.2 Å². The van der Waals surface area contributed by atoms with Crippen LogP contribution >= 0.6 is 23.2 Å². The summed E-state index contributed by atoms with van der Waals surface area (Å²) >= 11 is 11.6. The lowest BCUT2D eigenvalue weighted by Gasteiger charge is -2.07. The molecule has 1 aromatic carbocycles. The number of pyridine rings is 1. The van der Waals surface area contributed by atoms with Gasteiger partial charge in [-0.25, -0.2) is 4.98 Å². The molecule has 104 valence electrons. The number of carbonyl (C=O) groups is 1. The Labute approximate surface area is 126 Å². The number of hydrogen-bond donors (Lipinski definition) is 2. The average Bonchev–Trinajstić information content (AvgIpc) is 2.43. The van der Waals surface area contributed by atoms with E-state index in [1.807, 2.05) is 24.3 Å². The lowest BCUT2D eigenvalue weighted by atomic mass is 10.1. The SMILES string of the molecule is Nc1cnc(Cl)cc1C(=O)NCCc1ccc(Cl)cc1. The summed E-state index contributed by atoms with van der Waals surface area (Å²) in [7, 11) is 0. The first-order valence-electron chi connectivity index (χ1n) is 6.00. The van der Waals surface area contributed by atoms with Crippen molar-refractivity contribution in [3.05, 3.63) is 57.8 Å². The van der Waals surface area contributed by atoms with Crippen molar-refractivity contribution >= 4 is 34.8 Å². The molecule has 0 spiro atoms. The van der Waals surface area contributed by atoms with E-state index < -0.39 is 0 Å². The highest BCUT2D eigenvalue weighted by Crippen LogP contribution is 2.14. The molecule has 0 bridgehead atoms. The molecule has 1 amide bonds. The van der Waals surface area contributed by atoms with Crippen LogP contribution in [-0.4, -0.2) is 17.4 Å². The first-order chi connectivity index (χ1) is 9.56. The number of nitrogens with one attached hydrogen (secondary N) is 1. The predicted molar refractivity (Wildman–Crippen MR) is 81.1 cm³/mol. The molecule has 0 saturated carbocycles. The smallest absolute Gasteiger partial charge is 0.253 e. The number of carbonyl (C=O) groups excluding carboxylic acids is 1. The van der Waals surface area contributed by atoms with Gasteiger partial charge in [-0.2, -0.15) is 0 Å². The number of halogens is 2. The van der Waals surface area contributed by atoms with Gasteiger partial charge in [0.05, 0.1) is 17.4 Å². The van der Waals surface area contributed by atoms with E-state index in [2.05, 4.69) is 10.3 Å². The third-order valence-electron chi connectivity index (χ3n) is 2.76. The number of aromatic nitrogens is 1. The van der Waals surface area contributed by atoms with Gasteiger partial charge in [-0.1, -0.05) is 35.3 Å². The number of amides is 1. The maximum atomic E-state index is 12.0. The molecule has 1 heterocycles. The van der Waals surface area contributed by atoms with Crippen molar-refractivity contribution in [2.24, 2.45) is 0 Å². The molecule has 0 fully saturated rings. The summed E-state index contributed by atoms with van der Waals surface area (Å²) in [6.45, 7) is 0.500. The van der Waals surface area contributed by atoms with Gasteiger partial charge in [-0.3, -0.25) is 4.79 Å². The summed E-state index contributed by atoms with van der Waals surface area (Å²) in [5, 5.41) is 3.72. The first kappa shape index (κ1) is 14.6. The molecule has 6 heteroatoms. The molecule has 0 radical (unpaired) electrons. The van der Waals surface area contributed by atoms with Gasteiger partial charge in [0.2, 0.25) is 0 Å². The molecule has 0 unspecified atom stereocenters. The van der Waals surface area contributed by atoms with Crippen LogP contribution in [0.1, 0.15) is 15.9 Å². The number of anilines is 1. The van der Waals surface area contributed by atoms with Crippen molar-refractivity contribution in [3.8, 4) is 0 Å².